The predicted molar refractivity (Wildman–Crippen MR) is 199 cm³/mol. The zero-order valence-electron chi connectivity index (χ0n) is 28.6. The fraction of sp³-hybridized carbons (Fsp3) is 0.179. The molecule has 1 aliphatic heterocycles. The lowest BCUT2D eigenvalue weighted by molar-refractivity contribution is 0.100. The number of carbonyl (C=O) groups excluding carboxylic acids is 2. The Morgan fingerprint density at radius 3 is 2.23 bits per heavy atom. The van der Waals surface area contributed by atoms with Gasteiger partial charge in [0, 0.05) is 68.0 Å². The van der Waals surface area contributed by atoms with Gasteiger partial charge in [-0.2, -0.15) is 0 Å². The third kappa shape index (κ3) is 8.22. The van der Waals surface area contributed by atoms with Crippen LogP contribution in [0.2, 0.25) is 0 Å². The van der Waals surface area contributed by atoms with Gasteiger partial charge < -0.3 is 21.3 Å². The van der Waals surface area contributed by atoms with Gasteiger partial charge in [-0.25, -0.2) is 19.9 Å². The van der Waals surface area contributed by atoms with Gasteiger partial charge in [-0.1, -0.05) is 48.5 Å². The van der Waals surface area contributed by atoms with Crippen molar-refractivity contribution < 1.29 is 9.59 Å². The average Bonchev–Trinajstić information content (AvgIpc) is 3.18. The van der Waals surface area contributed by atoms with Crippen LogP contribution >= 0.6 is 0 Å². The van der Waals surface area contributed by atoms with Crippen LogP contribution in [-0.4, -0.2) is 72.8 Å². The van der Waals surface area contributed by atoms with Crippen molar-refractivity contribution in [2.75, 3.05) is 41.7 Å². The SMILES string of the molecule is Cc1cnc(CNc2nccc(-c3ccc(C(N)=O)c(NC(=O)c4ccc(-c5ccnc(N6CCN(Cc7ccccc7)CC6)n5)cc4)c3)n2)cn1. The van der Waals surface area contributed by atoms with Crippen molar-refractivity contribution in [1.29, 1.82) is 0 Å². The number of nitrogens with one attached hydrogen (secondary N) is 2. The van der Waals surface area contributed by atoms with Crippen LogP contribution in [0.5, 0.6) is 0 Å². The summed E-state index contributed by atoms with van der Waals surface area (Å²) in [6.07, 6.45) is 6.78. The molecule has 1 saturated heterocycles. The van der Waals surface area contributed by atoms with Gasteiger partial charge in [0.1, 0.15) is 0 Å². The molecule has 6 aromatic rings. The van der Waals surface area contributed by atoms with Crippen LogP contribution in [0.25, 0.3) is 22.5 Å². The van der Waals surface area contributed by atoms with Gasteiger partial charge in [0.05, 0.1) is 46.8 Å². The maximum atomic E-state index is 13.4. The first-order valence-corrected chi connectivity index (χ1v) is 16.9. The summed E-state index contributed by atoms with van der Waals surface area (Å²) in [5.74, 6) is 0.0114. The summed E-state index contributed by atoms with van der Waals surface area (Å²) in [6, 6.07) is 26.2. The quantitative estimate of drug-likeness (QED) is 0.168. The number of nitrogens with zero attached hydrogens (tertiary/aromatic N) is 8. The summed E-state index contributed by atoms with van der Waals surface area (Å²) < 4.78 is 0. The van der Waals surface area contributed by atoms with E-state index in [-0.39, 0.29) is 11.3 Å². The summed E-state index contributed by atoms with van der Waals surface area (Å²) in [6.45, 7) is 6.72. The van der Waals surface area contributed by atoms with E-state index in [4.69, 9.17) is 10.7 Å². The number of rotatable bonds is 11. The molecule has 1 fully saturated rings. The predicted octanol–water partition coefficient (Wildman–Crippen LogP) is 4.98. The second kappa shape index (κ2) is 15.5. The minimum atomic E-state index is -0.668. The van der Waals surface area contributed by atoms with Gasteiger partial charge in [0.2, 0.25) is 11.9 Å². The van der Waals surface area contributed by atoms with Crippen LogP contribution < -0.4 is 21.3 Å². The first-order chi connectivity index (χ1) is 25.4. The van der Waals surface area contributed by atoms with Gasteiger partial charge >= 0.3 is 0 Å². The summed E-state index contributed by atoms with van der Waals surface area (Å²) in [5.41, 5.74) is 12.3. The maximum absolute atomic E-state index is 13.4. The molecule has 0 atom stereocenters. The van der Waals surface area contributed by atoms with Gasteiger partial charge in [0.15, 0.2) is 0 Å². The Labute approximate surface area is 301 Å². The van der Waals surface area contributed by atoms with E-state index in [0.717, 1.165) is 55.4 Å². The molecule has 260 valence electrons. The molecule has 13 heteroatoms. The molecular formula is C39H37N11O2. The van der Waals surface area contributed by atoms with Gasteiger partial charge in [-0.15, -0.1) is 0 Å². The van der Waals surface area contributed by atoms with Gasteiger partial charge in [-0.05, 0) is 48.9 Å². The van der Waals surface area contributed by atoms with E-state index in [1.807, 2.05) is 31.2 Å². The van der Waals surface area contributed by atoms with E-state index in [9.17, 15) is 9.59 Å². The second-order valence-corrected chi connectivity index (χ2v) is 12.4. The lowest BCUT2D eigenvalue weighted by Gasteiger charge is -2.34. The van der Waals surface area contributed by atoms with Crippen LogP contribution in [0.15, 0.2) is 110 Å². The Balaban J connectivity index is 1.01. The molecule has 4 heterocycles. The molecule has 1 aliphatic rings. The fourth-order valence-corrected chi connectivity index (χ4v) is 5.90. The van der Waals surface area contributed by atoms with Crippen LogP contribution in [-0.2, 0) is 13.1 Å². The summed E-state index contributed by atoms with van der Waals surface area (Å²) in [5, 5.41) is 6.02. The monoisotopic (exact) mass is 691 g/mol. The van der Waals surface area contributed by atoms with E-state index in [2.05, 4.69) is 69.6 Å². The number of nitrogens with two attached hydrogens (primary N) is 1. The second-order valence-electron chi connectivity index (χ2n) is 12.4. The normalized spacial score (nSPS) is 13.1. The zero-order chi connectivity index (χ0) is 35.9. The average molecular weight is 692 g/mol. The summed E-state index contributed by atoms with van der Waals surface area (Å²) in [4.78, 5) is 57.3. The van der Waals surface area contributed by atoms with Crippen molar-refractivity contribution >= 4 is 29.4 Å². The Hall–Kier alpha value is -6.60. The molecule has 0 aliphatic carbocycles. The smallest absolute Gasteiger partial charge is 0.255 e. The minimum absolute atomic E-state index is 0.175. The molecule has 2 amide bonds. The number of anilines is 3. The zero-order valence-corrected chi connectivity index (χ0v) is 28.6. The van der Waals surface area contributed by atoms with Crippen LogP contribution in [0.3, 0.4) is 0 Å². The Bertz CT molecular complexity index is 2170. The number of benzene rings is 3. The Morgan fingerprint density at radius 1 is 0.769 bits per heavy atom. The molecule has 0 unspecified atom stereocenters. The topological polar surface area (TPSA) is 168 Å². The molecule has 3 aromatic carbocycles. The third-order valence-corrected chi connectivity index (χ3v) is 8.74. The van der Waals surface area contributed by atoms with Crippen molar-refractivity contribution in [3.8, 4) is 22.5 Å². The standard InChI is InChI=1S/C39H37N11O2/c1-26-22-44-31(23-43-26)24-45-38-41-15-13-34(47-38)30-11-12-32(36(40)51)35(21-30)46-37(52)29-9-7-28(8-10-29)33-14-16-42-39(48-33)50-19-17-49(18-20-50)25-27-5-3-2-4-6-27/h2-16,21-23H,17-20,24-25H2,1H3,(H2,40,51)(H,46,52)(H,41,45,47). The van der Waals surface area contributed by atoms with Crippen LogP contribution in [0.4, 0.5) is 17.6 Å². The molecule has 52 heavy (non-hydrogen) atoms. The molecule has 0 spiro atoms. The van der Waals surface area contributed by atoms with E-state index >= 15 is 0 Å². The maximum Gasteiger partial charge on any atom is 0.255 e. The highest BCUT2D eigenvalue weighted by atomic mass is 16.2. The highest BCUT2D eigenvalue weighted by Crippen LogP contribution is 2.27. The number of aryl methyl sites for hydroxylation is 1. The van der Waals surface area contributed by atoms with Gasteiger partial charge in [0.25, 0.3) is 11.8 Å². The van der Waals surface area contributed by atoms with Crippen LogP contribution in [0, 0.1) is 6.92 Å². The van der Waals surface area contributed by atoms with Crippen molar-refractivity contribution in [2.24, 2.45) is 5.73 Å². The van der Waals surface area contributed by atoms with Crippen molar-refractivity contribution in [1.82, 2.24) is 34.8 Å². The first kappa shape index (κ1) is 33.9. The molecule has 0 bridgehead atoms. The number of primary amides is 1. The highest BCUT2D eigenvalue weighted by Gasteiger charge is 2.20. The third-order valence-electron chi connectivity index (χ3n) is 8.74. The summed E-state index contributed by atoms with van der Waals surface area (Å²) >= 11 is 0. The van der Waals surface area contributed by atoms with E-state index < -0.39 is 11.8 Å². The molecule has 3 aromatic heterocycles. The minimum Gasteiger partial charge on any atom is -0.366 e. The number of aromatic nitrogens is 6. The molecule has 7 rings (SSSR count). The number of piperazine rings is 1. The Morgan fingerprint density at radius 2 is 1.50 bits per heavy atom. The molecular weight excluding hydrogens is 655 g/mol. The number of carbonyl (C=O) groups is 2. The Kier molecular flexibility index (Phi) is 10.1. The summed E-state index contributed by atoms with van der Waals surface area (Å²) in [7, 11) is 0. The lowest BCUT2D eigenvalue weighted by Crippen LogP contribution is -2.46. The van der Waals surface area contributed by atoms with Crippen LogP contribution in [0.1, 0.15) is 37.7 Å². The van der Waals surface area contributed by atoms with E-state index in [0.29, 0.717) is 35.3 Å². The lowest BCUT2D eigenvalue weighted by atomic mass is 10.0. The first-order valence-electron chi connectivity index (χ1n) is 16.9. The number of hydrogen-bond donors (Lipinski definition) is 3. The van der Waals surface area contributed by atoms with E-state index in [1.165, 1.54) is 5.56 Å². The molecule has 0 radical (unpaired) electrons. The number of hydrogen-bond acceptors (Lipinski definition) is 11. The van der Waals surface area contributed by atoms with Gasteiger partial charge in [-0.3, -0.25) is 24.5 Å². The molecule has 13 nitrogen and oxygen atoms in total. The van der Waals surface area contributed by atoms with Crippen molar-refractivity contribution in [3.05, 3.63) is 138 Å². The fourth-order valence-electron chi connectivity index (χ4n) is 5.90. The molecule has 0 saturated carbocycles. The molecule has 4 N–H and O–H groups in total. The highest BCUT2D eigenvalue weighted by molar-refractivity contribution is 6.09. The van der Waals surface area contributed by atoms with E-state index in [1.54, 1.807) is 61.2 Å². The van der Waals surface area contributed by atoms with Crippen molar-refractivity contribution in [2.45, 2.75) is 20.0 Å². The number of amides is 2. The largest absolute Gasteiger partial charge is 0.366 e. The van der Waals surface area contributed by atoms with Crippen molar-refractivity contribution in [3.63, 3.8) is 0 Å².